The average Bonchev–Trinajstić information content (AvgIpc) is 1.74. The molecular formula is C68H88BrCl2N5O9. The van der Waals surface area contributed by atoms with E-state index in [-0.39, 0.29) is 40.6 Å². The number of aliphatic imine (C=N–C) groups is 1. The van der Waals surface area contributed by atoms with Crippen LogP contribution in [0.25, 0.3) is 0 Å². The number of aromatic hydroxyl groups is 2. The van der Waals surface area contributed by atoms with Gasteiger partial charge in [0.25, 0.3) is 0 Å². The predicted octanol–water partition coefficient (Wildman–Crippen LogP) is 11.0. The minimum absolute atomic E-state index is 0. The van der Waals surface area contributed by atoms with E-state index in [4.69, 9.17) is 21.1 Å². The summed E-state index contributed by atoms with van der Waals surface area (Å²) >= 11 is 9.67. The molecular weight excluding hydrogens is 1180 g/mol. The molecule has 5 heterocycles. The average molecular weight is 1270 g/mol. The summed E-state index contributed by atoms with van der Waals surface area (Å²) in [6.45, 7) is 14.2. The minimum Gasteiger partial charge on any atom is -0.508 e. The summed E-state index contributed by atoms with van der Waals surface area (Å²) in [5.74, 6) is 2.33. The second-order valence-corrected chi connectivity index (χ2v) is 28.0. The highest BCUT2D eigenvalue weighted by Gasteiger charge is 2.57. The van der Waals surface area contributed by atoms with Crippen LogP contribution in [0.4, 0.5) is 0 Å². The molecule has 6 aliphatic carbocycles. The first-order chi connectivity index (χ1) is 40.4. The first-order valence-electron chi connectivity index (χ1n) is 31.0. The Hall–Kier alpha value is -4.90. The van der Waals surface area contributed by atoms with Crippen LogP contribution in [0.3, 0.4) is 0 Å². The molecule has 0 aromatic heterocycles. The van der Waals surface area contributed by atoms with E-state index >= 15 is 0 Å². The largest absolute Gasteiger partial charge is 0.508 e. The maximum atomic E-state index is 11.8. The van der Waals surface area contributed by atoms with Crippen LogP contribution < -0.4 is 10.1 Å². The van der Waals surface area contributed by atoms with Gasteiger partial charge in [-0.25, -0.2) is 0 Å². The number of methoxy groups -OCH3 is 2. The Morgan fingerprint density at radius 1 is 0.647 bits per heavy atom. The Morgan fingerprint density at radius 2 is 1.16 bits per heavy atom. The molecule has 4 aromatic carbocycles. The number of aryl methyl sites for hydroxylation is 1. The number of halogens is 3. The van der Waals surface area contributed by atoms with Crippen molar-refractivity contribution < 1.29 is 43.9 Å². The molecule has 0 bridgehead atoms. The summed E-state index contributed by atoms with van der Waals surface area (Å²) in [6, 6.07) is 24.0. The third kappa shape index (κ3) is 14.2. The van der Waals surface area contributed by atoms with Gasteiger partial charge in [-0.3, -0.25) is 19.4 Å². The van der Waals surface area contributed by atoms with Gasteiger partial charge in [-0.05, 0) is 184 Å². The first-order valence-corrected chi connectivity index (χ1v) is 32.5. The molecule has 14 nitrogen and oxygen atoms in total. The SMILES string of the molecule is C1CCC2=NCCCN2CC1.CCc1cccc(Cl)c1COc1ccc2c(c1)CC1(C2)CN(CC2(C(=O)O)CC2)C1.COC(=O)C1(CBr)CC1.COC(=O)C1(CN2CC3(Cc4ccc(O)cc4C3)C2)CC1.Cl.Oc1ccc2c(c1)CC1(CNC1)C2. The van der Waals surface area contributed by atoms with Gasteiger partial charge in [0.15, 0.2) is 0 Å². The molecule has 4 saturated heterocycles. The van der Waals surface area contributed by atoms with Crippen molar-refractivity contribution in [2.24, 2.45) is 37.5 Å². The van der Waals surface area contributed by atoms with Crippen molar-refractivity contribution >= 4 is 63.7 Å². The number of phenolic OH excluding ortho intramolecular Hbond substituents is 2. The maximum absolute atomic E-state index is 11.8. The molecule has 4 aromatic rings. The Balaban J connectivity index is 0.000000127. The highest BCUT2D eigenvalue weighted by atomic mass is 79.9. The fourth-order valence-electron chi connectivity index (χ4n) is 14.9. The summed E-state index contributed by atoms with van der Waals surface area (Å²) in [4.78, 5) is 45.9. The summed E-state index contributed by atoms with van der Waals surface area (Å²) in [5.41, 5.74) is 10.8. The highest BCUT2D eigenvalue weighted by molar-refractivity contribution is 9.09. The number of rotatable bonds is 12. The molecule has 0 atom stereocenters. The quantitative estimate of drug-likeness (QED) is 0.0780. The number of carbonyl (C=O) groups excluding carboxylic acids is 2. The lowest BCUT2D eigenvalue weighted by Gasteiger charge is -2.49. The number of esters is 2. The third-order valence-electron chi connectivity index (χ3n) is 20.3. The van der Waals surface area contributed by atoms with Gasteiger partial charge >= 0.3 is 17.9 Å². The van der Waals surface area contributed by atoms with Crippen molar-refractivity contribution in [2.75, 3.05) is 91.5 Å². The van der Waals surface area contributed by atoms with E-state index in [1.165, 1.54) is 111 Å². The lowest BCUT2D eigenvalue weighted by atomic mass is 9.76. The van der Waals surface area contributed by atoms with Gasteiger partial charge in [0.2, 0.25) is 0 Å². The fourth-order valence-corrected chi connectivity index (χ4v) is 16.0. The molecule has 7 fully saturated rings. The number of likely N-dealkylation sites (tertiary alicyclic amines) is 2. The normalized spacial score (nSPS) is 22.3. The lowest BCUT2D eigenvalue weighted by Crippen LogP contribution is -2.58. The molecule has 5 aliphatic heterocycles. The number of nitrogens with one attached hydrogen (secondary N) is 1. The summed E-state index contributed by atoms with van der Waals surface area (Å²) in [6.07, 6.45) is 19.8. The van der Waals surface area contributed by atoms with E-state index in [2.05, 4.69) is 89.0 Å². The van der Waals surface area contributed by atoms with Crippen molar-refractivity contribution in [3.8, 4) is 17.2 Å². The Morgan fingerprint density at radius 3 is 1.68 bits per heavy atom. The van der Waals surface area contributed by atoms with E-state index in [9.17, 15) is 29.7 Å². The van der Waals surface area contributed by atoms with Gasteiger partial charge in [-0.15, -0.1) is 12.4 Å². The molecule has 3 spiro atoms. The number of carboxylic acid groups (broad SMARTS) is 1. The van der Waals surface area contributed by atoms with Crippen LogP contribution in [0.2, 0.25) is 5.02 Å². The van der Waals surface area contributed by atoms with Gasteiger partial charge in [0, 0.05) is 111 Å². The smallest absolute Gasteiger partial charge is 0.313 e. The second kappa shape index (κ2) is 26.0. The van der Waals surface area contributed by atoms with Crippen molar-refractivity contribution in [1.29, 1.82) is 0 Å². The number of ether oxygens (including phenoxy) is 3. The molecule has 0 radical (unpaired) electrons. The molecule has 17 heteroatoms. The van der Waals surface area contributed by atoms with Crippen molar-refractivity contribution in [2.45, 2.75) is 129 Å². The summed E-state index contributed by atoms with van der Waals surface area (Å²) in [5, 5.41) is 33.2. The number of hydrogen-bond donors (Lipinski definition) is 4. The van der Waals surface area contributed by atoms with E-state index in [0.717, 1.165) is 151 Å². The number of fused-ring (bicyclic) bond motifs is 4. The summed E-state index contributed by atoms with van der Waals surface area (Å²) < 4.78 is 15.7. The van der Waals surface area contributed by atoms with E-state index in [1.54, 1.807) is 12.1 Å². The minimum atomic E-state index is -0.621. The Labute approximate surface area is 522 Å². The molecule has 0 unspecified atom stereocenters. The molecule has 3 saturated carbocycles. The number of hydrogen-bond acceptors (Lipinski definition) is 13. The van der Waals surface area contributed by atoms with Crippen LogP contribution in [0.15, 0.2) is 77.8 Å². The number of carbonyl (C=O) groups is 3. The van der Waals surface area contributed by atoms with Crippen molar-refractivity contribution in [3.63, 3.8) is 0 Å². The monoisotopic (exact) mass is 1270 g/mol. The Kier molecular flexibility index (Phi) is 19.3. The van der Waals surface area contributed by atoms with Gasteiger partial charge in [0.05, 0.1) is 36.3 Å². The van der Waals surface area contributed by atoms with Gasteiger partial charge < -0.3 is 49.5 Å². The number of aliphatic carboxylic acids is 1. The molecule has 11 aliphatic rings. The van der Waals surface area contributed by atoms with Crippen LogP contribution >= 0.6 is 39.9 Å². The number of carboxylic acids is 1. The topological polar surface area (TPSA) is 174 Å². The second-order valence-electron chi connectivity index (χ2n) is 27.0. The number of benzene rings is 4. The van der Waals surface area contributed by atoms with Crippen LogP contribution in [-0.2, 0) is 75.4 Å². The number of phenols is 2. The number of alkyl halides is 1. The fraction of sp³-hybridized carbons (Fsp3) is 0.588. The zero-order valence-corrected chi connectivity index (χ0v) is 53.3. The molecule has 0 amide bonds. The maximum Gasteiger partial charge on any atom is 0.313 e. The Bertz CT molecular complexity index is 3110. The highest BCUT2D eigenvalue weighted by Crippen LogP contribution is 2.53. The summed E-state index contributed by atoms with van der Waals surface area (Å²) in [7, 11) is 2.92. The molecule has 460 valence electrons. The molecule has 85 heavy (non-hydrogen) atoms. The number of nitrogens with zero attached hydrogens (tertiary/aromatic N) is 4. The predicted molar refractivity (Wildman–Crippen MR) is 338 cm³/mol. The lowest BCUT2D eigenvalue weighted by molar-refractivity contribution is -0.149. The first kappa shape index (κ1) is 63.1. The zero-order valence-electron chi connectivity index (χ0n) is 50.1. The van der Waals surface area contributed by atoms with Crippen LogP contribution in [-0.4, -0.2) is 145 Å². The van der Waals surface area contributed by atoms with Gasteiger partial charge in [-0.2, -0.15) is 0 Å². The van der Waals surface area contributed by atoms with Crippen molar-refractivity contribution in [3.05, 3.63) is 122 Å². The molecule has 15 rings (SSSR count). The zero-order chi connectivity index (χ0) is 58.9. The van der Waals surface area contributed by atoms with Crippen LogP contribution in [0, 0.1) is 32.5 Å². The van der Waals surface area contributed by atoms with E-state index in [0.29, 0.717) is 35.5 Å². The standard InChI is InChI=1S/C25H28ClNO3.C17H21NO3.C11H13NO.C9H16N2.C6H9BrO2.ClH/c1-2-17-4-3-5-22(26)21(17)13-30-20-7-6-18-11-24(12-19(18)10-20)14-27(15-24)16-25(8-9-25)23(28)29;1-21-15(20)17(4-5-17)11-18-9-16(10-18)7-12-2-3-14(19)6-13(12)8-16;13-10-2-1-8-4-11(6-12-7-11)5-9(8)3-10;1-2-5-9-10-6-4-8-11(9)7-3-1;1-9-5(8)6(4-7)2-3-6;/h3-7,10H,2,8-9,11-16H2,1H3,(H,28,29);2-3,6,19H,4-5,7-11H2,1H3;1-3,12-13H,4-7H2;1-8H2;2-4H2,1H3;1H. The van der Waals surface area contributed by atoms with Crippen LogP contribution in [0.5, 0.6) is 17.2 Å². The van der Waals surface area contributed by atoms with E-state index in [1.807, 2.05) is 24.3 Å². The number of amidine groups is 1. The van der Waals surface area contributed by atoms with E-state index < -0.39 is 11.4 Å². The van der Waals surface area contributed by atoms with Gasteiger partial charge in [0.1, 0.15) is 23.9 Å². The van der Waals surface area contributed by atoms with Crippen LogP contribution in [0.1, 0.15) is 122 Å². The van der Waals surface area contributed by atoms with Crippen molar-refractivity contribution in [1.82, 2.24) is 20.0 Å². The third-order valence-corrected chi connectivity index (χ3v) is 21.7. The molecule has 4 N–H and O–H groups in total. The van der Waals surface area contributed by atoms with Gasteiger partial charge in [-0.1, -0.05) is 71.2 Å².